The molecule has 1 aromatic rings. The molecule has 1 aliphatic rings. The van der Waals surface area contributed by atoms with Crippen LogP contribution >= 0.6 is 0 Å². The standard InChI is InChI=1S/C10H18N4O/c1-8-12-13-10(9-3-6-15-7-9)14(8)5-2-4-11/h9H,2-7,11H2,1H3. The molecule has 1 aliphatic heterocycles. The van der Waals surface area contributed by atoms with Crippen molar-refractivity contribution < 1.29 is 4.74 Å². The van der Waals surface area contributed by atoms with Crippen molar-refractivity contribution in [3.05, 3.63) is 11.6 Å². The first-order valence-corrected chi connectivity index (χ1v) is 5.50. The molecular formula is C10H18N4O. The highest BCUT2D eigenvalue weighted by Gasteiger charge is 2.23. The maximum absolute atomic E-state index is 5.52. The Balaban J connectivity index is 2.14. The summed E-state index contributed by atoms with van der Waals surface area (Å²) in [6, 6.07) is 0. The molecule has 84 valence electrons. The van der Waals surface area contributed by atoms with Crippen molar-refractivity contribution >= 4 is 0 Å². The van der Waals surface area contributed by atoms with E-state index in [1.54, 1.807) is 0 Å². The number of aromatic nitrogens is 3. The Morgan fingerprint density at radius 3 is 3.07 bits per heavy atom. The lowest BCUT2D eigenvalue weighted by molar-refractivity contribution is 0.192. The number of hydrogen-bond acceptors (Lipinski definition) is 4. The van der Waals surface area contributed by atoms with E-state index in [2.05, 4.69) is 14.8 Å². The summed E-state index contributed by atoms with van der Waals surface area (Å²) in [5, 5.41) is 8.37. The van der Waals surface area contributed by atoms with Gasteiger partial charge in [-0.05, 0) is 26.3 Å². The molecule has 1 unspecified atom stereocenters. The largest absolute Gasteiger partial charge is 0.381 e. The Bertz CT molecular complexity index is 317. The molecule has 2 rings (SSSR count). The van der Waals surface area contributed by atoms with Gasteiger partial charge in [0.15, 0.2) is 0 Å². The monoisotopic (exact) mass is 210 g/mol. The van der Waals surface area contributed by atoms with Gasteiger partial charge in [0.1, 0.15) is 11.6 Å². The van der Waals surface area contributed by atoms with Gasteiger partial charge in [0.2, 0.25) is 0 Å². The first-order valence-electron chi connectivity index (χ1n) is 5.50. The summed E-state index contributed by atoms with van der Waals surface area (Å²) in [6.07, 6.45) is 2.03. The highest BCUT2D eigenvalue weighted by molar-refractivity contribution is 5.02. The van der Waals surface area contributed by atoms with Crippen LogP contribution in [0.15, 0.2) is 0 Å². The molecular weight excluding hydrogens is 192 g/mol. The second-order valence-corrected chi connectivity index (χ2v) is 3.96. The third kappa shape index (κ3) is 2.18. The van der Waals surface area contributed by atoms with Crippen molar-refractivity contribution in [1.82, 2.24) is 14.8 Å². The van der Waals surface area contributed by atoms with Gasteiger partial charge in [-0.1, -0.05) is 0 Å². The minimum Gasteiger partial charge on any atom is -0.381 e. The summed E-state index contributed by atoms with van der Waals surface area (Å²) in [5.74, 6) is 2.47. The van der Waals surface area contributed by atoms with E-state index in [9.17, 15) is 0 Å². The van der Waals surface area contributed by atoms with Crippen molar-refractivity contribution in [2.45, 2.75) is 32.2 Å². The summed E-state index contributed by atoms with van der Waals surface area (Å²) in [7, 11) is 0. The molecule has 2 N–H and O–H groups in total. The SMILES string of the molecule is Cc1nnc(C2CCOC2)n1CCCN. The van der Waals surface area contributed by atoms with Crippen molar-refractivity contribution in [2.75, 3.05) is 19.8 Å². The van der Waals surface area contributed by atoms with Crippen LogP contribution in [-0.4, -0.2) is 34.5 Å². The molecule has 0 spiro atoms. The number of nitrogens with two attached hydrogens (primary N) is 1. The van der Waals surface area contributed by atoms with Crippen molar-refractivity contribution in [3.8, 4) is 0 Å². The highest BCUT2D eigenvalue weighted by Crippen LogP contribution is 2.24. The fraction of sp³-hybridized carbons (Fsp3) is 0.800. The fourth-order valence-electron chi connectivity index (χ4n) is 1.96. The van der Waals surface area contributed by atoms with Gasteiger partial charge in [0, 0.05) is 19.1 Å². The number of aryl methyl sites for hydroxylation is 1. The van der Waals surface area contributed by atoms with E-state index in [0.717, 1.165) is 44.2 Å². The van der Waals surface area contributed by atoms with Gasteiger partial charge >= 0.3 is 0 Å². The van der Waals surface area contributed by atoms with Crippen LogP contribution in [0, 0.1) is 6.92 Å². The predicted octanol–water partition coefficient (Wildman–Crippen LogP) is 0.439. The van der Waals surface area contributed by atoms with E-state index in [1.165, 1.54) is 0 Å². The third-order valence-corrected chi connectivity index (χ3v) is 2.85. The lowest BCUT2D eigenvalue weighted by atomic mass is 10.1. The van der Waals surface area contributed by atoms with E-state index < -0.39 is 0 Å². The Kier molecular flexibility index (Phi) is 3.33. The average Bonchev–Trinajstić information content (AvgIpc) is 2.84. The molecule has 0 aromatic carbocycles. The van der Waals surface area contributed by atoms with Gasteiger partial charge in [0.25, 0.3) is 0 Å². The van der Waals surface area contributed by atoms with Gasteiger partial charge < -0.3 is 15.0 Å². The molecule has 5 nitrogen and oxygen atoms in total. The summed E-state index contributed by atoms with van der Waals surface area (Å²) in [4.78, 5) is 0. The Labute approximate surface area is 89.6 Å². The third-order valence-electron chi connectivity index (χ3n) is 2.85. The Morgan fingerprint density at radius 2 is 2.40 bits per heavy atom. The molecule has 1 aromatic heterocycles. The summed E-state index contributed by atoms with van der Waals surface area (Å²) in [5.41, 5.74) is 5.52. The van der Waals surface area contributed by atoms with Gasteiger partial charge in [-0.25, -0.2) is 0 Å². The van der Waals surface area contributed by atoms with E-state index in [0.29, 0.717) is 12.5 Å². The van der Waals surface area contributed by atoms with Crippen LogP contribution in [0.3, 0.4) is 0 Å². The zero-order chi connectivity index (χ0) is 10.7. The minimum absolute atomic E-state index is 0.420. The van der Waals surface area contributed by atoms with Gasteiger partial charge in [-0.15, -0.1) is 10.2 Å². The van der Waals surface area contributed by atoms with Crippen LogP contribution in [-0.2, 0) is 11.3 Å². The van der Waals surface area contributed by atoms with Gasteiger partial charge in [0.05, 0.1) is 6.61 Å². The molecule has 1 fully saturated rings. The molecule has 0 saturated carbocycles. The smallest absolute Gasteiger partial charge is 0.138 e. The minimum atomic E-state index is 0.420. The number of rotatable bonds is 4. The van der Waals surface area contributed by atoms with Crippen LogP contribution in [0.2, 0.25) is 0 Å². The summed E-state index contributed by atoms with van der Waals surface area (Å²) < 4.78 is 7.55. The molecule has 15 heavy (non-hydrogen) atoms. The second-order valence-electron chi connectivity index (χ2n) is 3.96. The topological polar surface area (TPSA) is 66.0 Å². The van der Waals surface area contributed by atoms with Crippen LogP contribution in [0.1, 0.15) is 30.4 Å². The number of ether oxygens (including phenoxy) is 1. The van der Waals surface area contributed by atoms with Crippen LogP contribution in [0.4, 0.5) is 0 Å². The van der Waals surface area contributed by atoms with Gasteiger partial charge in [-0.2, -0.15) is 0 Å². The van der Waals surface area contributed by atoms with Crippen LogP contribution < -0.4 is 5.73 Å². The molecule has 0 bridgehead atoms. The van der Waals surface area contributed by atoms with Gasteiger partial charge in [-0.3, -0.25) is 0 Å². The van der Waals surface area contributed by atoms with E-state index in [-0.39, 0.29) is 0 Å². The summed E-state index contributed by atoms with van der Waals surface area (Å²) >= 11 is 0. The molecule has 5 heteroatoms. The second kappa shape index (κ2) is 4.72. The van der Waals surface area contributed by atoms with E-state index >= 15 is 0 Å². The quantitative estimate of drug-likeness (QED) is 0.783. The first kappa shape index (κ1) is 10.6. The molecule has 2 heterocycles. The first-order chi connectivity index (χ1) is 7.33. The van der Waals surface area contributed by atoms with Crippen molar-refractivity contribution in [3.63, 3.8) is 0 Å². The van der Waals surface area contributed by atoms with Crippen LogP contribution in [0.25, 0.3) is 0 Å². The predicted molar refractivity (Wildman–Crippen MR) is 56.6 cm³/mol. The lowest BCUT2D eigenvalue weighted by Gasteiger charge is -2.11. The van der Waals surface area contributed by atoms with Crippen molar-refractivity contribution in [1.29, 1.82) is 0 Å². The Hall–Kier alpha value is -0.940. The van der Waals surface area contributed by atoms with Crippen LogP contribution in [0.5, 0.6) is 0 Å². The zero-order valence-corrected chi connectivity index (χ0v) is 9.15. The maximum Gasteiger partial charge on any atom is 0.138 e. The van der Waals surface area contributed by atoms with Crippen molar-refractivity contribution in [2.24, 2.45) is 5.73 Å². The lowest BCUT2D eigenvalue weighted by Crippen LogP contribution is -2.13. The molecule has 0 radical (unpaired) electrons. The molecule has 1 saturated heterocycles. The summed E-state index contributed by atoms with van der Waals surface area (Å²) in [6.45, 7) is 5.23. The Morgan fingerprint density at radius 1 is 1.53 bits per heavy atom. The average molecular weight is 210 g/mol. The zero-order valence-electron chi connectivity index (χ0n) is 9.15. The number of nitrogens with zero attached hydrogens (tertiary/aromatic N) is 3. The normalized spacial score (nSPS) is 21.1. The molecule has 0 amide bonds. The van der Waals surface area contributed by atoms with E-state index in [4.69, 9.17) is 10.5 Å². The fourth-order valence-corrected chi connectivity index (χ4v) is 1.96. The molecule has 0 aliphatic carbocycles. The highest BCUT2D eigenvalue weighted by atomic mass is 16.5. The van der Waals surface area contributed by atoms with E-state index in [1.807, 2.05) is 6.92 Å². The number of hydrogen-bond donors (Lipinski definition) is 1. The molecule has 1 atom stereocenters. The maximum atomic E-state index is 5.52.